The number of pyridine rings is 1. The van der Waals surface area contributed by atoms with Crippen LogP contribution in [0.5, 0.6) is 5.88 Å². The fourth-order valence-corrected chi connectivity index (χ4v) is 2.68. The number of ketones is 1. The van der Waals surface area contributed by atoms with Crippen molar-refractivity contribution < 1.29 is 19.1 Å². The summed E-state index contributed by atoms with van der Waals surface area (Å²) in [5, 5.41) is 2.88. The van der Waals surface area contributed by atoms with E-state index in [9.17, 15) is 14.4 Å². The molecule has 1 heterocycles. The molecule has 1 aromatic carbocycles. The van der Waals surface area contributed by atoms with Gasteiger partial charge < -0.3 is 10.1 Å². The number of nitrogens with one attached hydrogen (secondary N) is 1. The first-order chi connectivity index (χ1) is 13.2. The van der Waals surface area contributed by atoms with Gasteiger partial charge in [0.15, 0.2) is 12.1 Å². The van der Waals surface area contributed by atoms with E-state index < -0.39 is 0 Å². The number of ether oxygens (including phenoxy) is 1. The normalized spacial score (nSPS) is 11.0. The van der Waals surface area contributed by atoms with Crippen molar-refractivity contribution >= 4 is 18.0 Å². The highest BCUT2D eigenvalue weighted by molar-refractivity contribution is 6.06. The lowest BCUT2D eigenvalue weighted by molar-refractivity contribution is 0.0939. The molecule has 0 unspecified atom stereocenters. The maximum atomic E-state index is 12.6. The van der Waals surface area contributed by atoms with E-state index in [0.29, 0.717) is 41.0 Å². The summed E-state index contributed by atoms with van der Waals surface area (Å²) >= 11 is 0. The molecular weight excluding hydrogens is 356 g/mol. The van der Waals surface area contributed by atoms with Crippen LogP contribution in [0.15, 0.2) is 30.3 Å². The Hall–Kier alpha value is -3.02. The van der Waals surface area contributed by atoms with Gasteiger partial charge in [-0.3, -0.25) is 14.4 Å². The van der Waals surface area contributed by atoms with Crippen LogP contribution in [0.1, 0.15) is 65.3 Å². The van der Waals surface area contributed by atoms with Gasteiger partial charge in [-0.1, -0.05) is 33.8 Å². The zero-order valence-corrected chi connectivity index (χ0v) is 17.0. The molecule has 1 aromatic heterocycles. The number of methoxy groups -OCH3 is 1. The Bertz CT molecular complexity index is 898. The van der Waals surface area contributed by atoms with Crippen LogP contribution in [0.2, 0.25) is 0 Å². The Kier molecular flexibility index (Phi) is 6.67. The molecule has 0 saturated carbocycles. The lowest BCUT2D eigenvalue weighted by Gasteiger charge is -2.19. The van der Waals surface area contributed by atoms with Crippen molar-refractivity contribution in [1.82, 2.24) is 10.3 Å². The third kappa shape index (κ3) is 5.03. The molecule has 0 bridgehead atoms. The molecule has 6 heteroatoms. The van der Waals surface area contributed by atoms with Crippen molar-refractivity contribution in [2.24, 2.45) is 5.41 Å². The molecule has 0 atom stereocenters. The third-order valence-electron chi connectivity index (χ3n) is 4.19. The molecule has 0 saturated heterocycles. The molecule has 28 heavy (non-hydrogen) atoms. The van der Waals surface area contributed by atoms with Gasteiger partial charge in [-0.2, -0.15) is 0 Å². The molecule has 6 nitrogen and oxygen atoms in total. The van der Waals surface area contributed by atoms with Gasteiger partial charge >= 0.3 is 0 Å². The average molecular weight is 382 g/mol. The Morgan fingerprint density at radius 2 is 1.82 bits per heavy atom. The van der Waals surface area contributed by atoms with Gasteiger partial charge in [-0.25, -0.2) is 4.98 Å². The molecule has 1 N–H and O–H groups in total. The van der Waals surface area contributed by atoms with Crippen molar-refractivity contribution in [3.05, 3.63) is 47.2 Å². The third-order valence-corrected chi connectivity index (χ3v) is 4.19. The minimum atomic E-state index is -0.241. The van der Waals surface area contributed by atoms with E-state index in [0.717, 1.165) is 0 Å². The van der Waals surface area contributed by atoms with Crippen molar-refractivity contribution in [2.45, 2.75) is 34.1 Å². The maximum Gasteiger partial charge on any atom is 0.251 e. The van der Waals surface area contributed by atoms with E-state index in [1.54, 1.807) is 37.3 Å². The minimum Gasteiger partial charge on any atom is -0.481 e. The van der Waals surface area contributed by atoms with Crippen LogP contribution in [0.3, 0.4) is 0 Å². The number of hydrogen-bond donors (Lipinski definition) is 1. The van der Waals surface area contributed by atoms with Crippen molar-refractivity contribution in [1.29, 1.82) is 0 Å². The number of aldehydes is 1. The fraction of sp³-hybridized carbons (Fsp3) is 0.364. The zero-order valence-electron chi connectivity index (χ0n) is 17.0. The van der Waals surface area contributed by atoms with E-state index >= 15 is 0 Å². The van der Waals surface area contributed by atoms with Crippen LogP contribution >= 0.6 is 0 Å². The molecule has 0 spiro atoms. The Balaban J connectivity index is 2.51. The standard InChI is InChI=1S/C22H26N2O4/c1-6-19(26)17-11-14(21(27)23-13-22(2,3)4)7-8-15(17)16-9-10-20(28-5)24-18(16)12-25/h7-12H,6,13H2,1-5H3,(H,23,27). The molecule has 2 rings (SSSR count). The van der Waals surface area contributed by atoms with Crippen molar-refractivity contribution in [3.63, 3.8) is 0 Å². The number of amides is 1. The molecule has 0 radical (unpaired) electrons. The molecule has 0 aliphatic carbocycles. The number of carbonyl (C=O) groups excluding carboxylic acids is 3. The van der Waals surface area contributed by atoms with Crippen LogP contribution < -0.4 is 10.1 Å². The van der Waals surface area contributed by atoms with Gasteiger partial charge in [0.05, 0.1) is 7.11 Å². The van der Waals surface area contributed by atoms with Crippen LogP contribution in [0.4, 0.5) is 0 Å². The smallest absolute Gasteiger partial charge is 0.251 e. The summed E-state index contributed by atoms with van der Waals surface area (Å²) in [6, 6.07) is 8.24. The fourth-order valence-electron chi connectivity index (χ4n) is 2.68. The number of Topliss-reactive ketones (excluding diaryl/α,β-unsaturated/α-hetero) is 1. The first kappa shape index (κ1) is 21.3. The van der Waals surface area contributed by atoms with Crippen LogP contribution in [0.25, 0.3) is 11.1 Å². The highest BCUT2D eigenvalue weighted by Gasteiger charge is 2.19. The van der Waals surface area contributed by atoms with Crippen molar-refractivity contribution in [2.75, 3.05) is 13.7 Å². The molecule has 148 valence electrons. The number of benzene rings is 1. The predicted molar refractivity (Wildman–Crippen MR) is 108 cm³/mol. The second-order valence-corrected chi connectivity index (χ2v) is 7.68. The lowest BCUT2D eigenvalue weighted by atomic mass is 9.92. The zero-order chi connectivity index (χ0) is 20.9. The molecule has 0 aliphatic heterocycles. The molecule has 1 amide bonds. The van der Waals surface area contributed by atoms with E-state index in [1.807, 2.05) is 20.8 Å². The maximum absolute atomic E-state index is 12.6. The highest BCUT2D eigenvalue weighted by Crippen LogP contribution is 2.29. The molecular formula is C22H26N2O4. The number of aromatic nitrogens is 1. The summed E-state index contributed by atoms with van der Waals surface area (Å²) in [6.45, 7) is 8.36. The largest absolute Gasteiger partial charge is 0.481 e. The van der Waals surface area contributed by atoms with E-state index in [4.69, 9.17) is 4.74 Å². The Morgan fingerprint density at radius 1 is 1.14 bits per heavy atom. The second-order valence-electron chi connectivity index (χ2n) is 7.68. The summed E-state index contributed by atoms with van der Waals surface area (Å²) < 4.78 is 5.06. The van der Waals surface area contributed by atoms with Gasteiger partial charge in [0, 0.05) is 35.7 Å². The lowest BCUT2D eigenvalue weighted by Crippen LogP contribution is -2.32. The van der Waals surface area contributed by atoms with Gasteiger partial charge in [0.1, 0.15) is 5.69 Å². The topological polar surface area (TPSA) is 85.4 Å². The summed E-state index contributed by atoms with van der Waals surface area (Å²) in [7, 11) is 1.47. The summed E-state index contributed by atoms with van der Waals surface area (Å²) in [5.74, 6) is -0.0457. The van der Waals surface area contributed by atoms with E-state index in [1.165, 1.54) is 7.11 Å². The SMILES string of the molecule is CCC(=O)c1cc(C(=O)NCC(C)(C)C)ccc1-c1ccc(OC)nc1C=O. The Morgan fingerprint density at radius 3 is 2.39 bits per heavy atom. The van der Waals surface area contributed by atoms with Gasteiger partial charge in [-0.15, -0.1) is 0 Å². The Labute approximate surface area is 165 Å². The van der Waals surface area contributed by atoms with Gasteiger partial charge in [0.25, 0.3) is 5.91 Å². The molecule has 0 fully saturated rings. The van der Waals surface area contributed by atoms with Crippen molar-refractivity contribution in [3.8, 4) is 17.0 Å². The number of rotatable bonds is 7. The van der Waals surface area contributed by atoms with Gasteiger partial charge in [0.2, 0.25) is 5.88 Å². The minimum absolute atomic E-state index is 0.0503. The molecule has 2 aromatic rings. The van der Waals surface area contributed by atoms with E-state index in [-0.39, 0.29) is 29.2 Å². The number of nitrogens with zero attached hydrogens (tertiary/aromatic N) is 1. The van der Waals surface area contributed by atoms with Crippen LogP contribution in [-0.4, -0.2) is 36.6 Å². The second kappa shape index (κ2) is 8.78. The van der Waals surface area contributed by atoms with E-state index in [2.05, 4.69) is 10.3 Å². The first-order valence-electron chi connectivity index (χ1n) is 9.16. The first-order valence-corrected chi connectivity index (χ1v) is 9.16. The summed E-state index contributed by atoms with van der Waals surface area (Å²) in [6.07, 6.45) is 0.905. The number of hydrogen-bond acceptors (Lipinski definition) is 5. The number of carbonyl (C=O) groups is 3. The van der Waals surface area contributed by atoms with Gasteiger partial charge in [-0.05, 0) is 29.2 Å². The summed E-state index contributed by atoms with van der Waals surface area (Å²) in [4.78, 5) is 40.7. The van der Waals surface area contributed by atoms with Crippen LogP contribution in [-0.2, 0) is 0 Å². The highest BCUT2D eigenvalue weighted by atomic mass is 16.5. The monoisotopic (exact) mass is 382 g/mol. The predicted octanol–water partition coefficient (Wildman–Crippen LogP) is 3.94. The van der Waals surface area contributed by atoms with Crippen LogP contribution in [0, 0.1) is 5.41 Å². The quantitative estimate of drug-likeness (QED) is 0.579. The average Bonchev–Trinajstić information content (AvgIpc) is 2.69. The molecule has 0 aliphatic rings. The summed E-state index contributed by atoms with van der Waals surface area (Å²) in [5.41, 5.74) is 2.01.